The summed E-state index contributed by atoms with van der Waals surface area (Å²) in [5, 5.41) is 11.6. The molecule has 5 nitrogen and oxygen atoms in total. The lowest BCUT2D eigenvalue weighted by Gasteiger charge is -2.34. The highest BCUT2D eigenvalue weighted by Gasteiger charge is 2.32. The van der Waals surface area contributed by atoms with Gasteiger partial charge in [0.15, 0.2) is 23.3 Å². The summed E-state index contributed by atoms with van der Waals surface area (Å²) >= 11 is 0. The molecule has 0 radical (unpaired) electrons. The first-order chi connectivity index (χ1) is 9.97. The second kappa shape index (κ2) is 6.02. The maximum absolute atomic E-state index is 13.7. The lowest BCUT2D eigenvalue weighted by molar-refractivity contribution is 0.0670. The van der Waals surface area contributed by atoms with E-state index in [0.717, 1.165) is 12.5 Å². The summed E-state index contributed by atoms with van der Waals surface area (Å²) in [6, 6.07) is 0.881. The largest absolute Gasteiger partial charge is 0.409 e. The van der Waals surface area contributed by atoms with Gasteiger partial charge in [0.05, 0.1) is 11.6 Å². The molecule has 8 heteroatoms. The number of nitrogens with two attached hydrogens (primary N) is 1. The molecule has 1 unspecified atom stereocenters. The number of halogens is 3. The monoisotopic (exact) mass is 301 g/mol. The van der Waals surface area contributed by atoms with Gasteiger partial charge in [-0.1, -0.05) is 5.16 Å². The Morgan fingerprint density at radius 3 is 2.67 bits per heavy atom. The molecule has 21 heavy (non-hydrogen) atoms. The molecule has 1 fully saturated rings. The van der Waals surface area contributed by atoms with E-state index in [0.29, 0.717) is 18.9 Å². The molecular formula is C13H14F3N3O2. The van der Waals surface area contributed by atoms with Crippen molar-refractivity contribution < 1.29 is 23.2 Å². The molecule has 0 aliphatic carbocycles. The van der Waals surface area contributed by atoms with E-state index in [-0.39, 0.29) is 12.4 Å². The third kappa shape index (κ3) is 2.79. The molecule has 3 N–H and O–H groups in total. The van der Waals surface area contributed by atoms with Crippen molar-refractivity contribution in [2.24, 2.45) is 10.9 Å². The highest BCUT2D eigenvalue weighted by Crippen LogP contribution is 2.23. The van der Waals surface area contributed by atoms with Gasteiger partial charge in [-0.2, -0.15) is 0 Å². The number of rotatable bonds is 2. The van der Waals surface area contributed by atoms with Crippen molar-refractivity contribution in [3.05, 3.63) is 35.1 Å². The SMILES string of the molecule is NC(=NO)C1CCCCN1C(=O)c1ccc(F)c(F)c1F. The van der Waals surface area contributed by atoms with Crippen LogP contribution in [-0.2, 0) is 0 Å². The first-order valence-electron chi connectivity index (χ1n) is 6.39. The van der Waals surface area contributed by atoms with E-state index in [1.165, 1.54) is 4.90 Å². The molecule has 1 aromatic carbocycles. The van der Waals surface area contributed by atoms with Gasteiger partial charge < -0.3 is 15.8 Å². The Morgan fingerprint density at radius 1 is 1.29 bits per heavy atom. The van der Waals surface area contributed by atoms with Crippen LogP contribution in [-0.4, -0.2) is 34.4 Å². The van der Waals surface area contributed by atoms with Gasteiger partial charge in [-0.3, -0.25) is 4.79 Å². The van der Waals surface area contributed by atoms with Crippen LogP contribution in [0.1, 0.15) is 29.6 Å². The molecule has 0 bridgehead atoms. The number of piperidine rings is 1. The van der Waals surface area contributed by atoms with Crippen LogP contribution in [0.15, 0.2) is 17.3 Å². The minimum absolute atomic E-state index is 0.175. The Hall–Kier alpha value is -2.25. The molecule has 1 aromatic rings. The van der Waals surface area contributed by atoms with Gasteiger partial charge in [-0.05, 0) is 31.4 Å². The Labute approximate surface area is 118 Å². The number of hydrogen-bond donors (Lipinski definition) is 2. The van der Waals surface area contributed by atoms with E-state index in [4.69, 9.17) is 10.9 Å². The molecular weight excluding hydrogens is 287 g/mol. The summed E-state index contributed by atoms with van der Waals surface area (Å²) < 4.78 is 39.8. The Kier molecular flexibility index (Phi) is 4.35. The molecule has 1 atom stereocenters. The average molecular weight is 301 g/mol. The second-order valence-corrected chi connectivity index (χ2v) is 4.76. The number of likely N-dealkylation sites (tertiary alicyclic amines) is 1. The van der Waals surface area contributed by atoms with Crippen molar-refractivity contribution >= 4 is 11.7 Å². The topological polar surface area (TPSA) is 78.9 Å². The standard InChI is InChI=1S/C13H14F3N3O2/c14-8-5-4-7(10(15)11(8)16)13(20)19-6-2-1-3-9(19)12(17)18-21/h4-5,9,21H,1-3,6H2,(H2,17,18). The van der Waals surface area contributed by atoms with E-state index in [2.05, 4.69) is 5.16 Å². The molecule has 1 amide bonds. The number of benzene rings is 1. The molecule has 1 aliphatic rings. The van der Waals surface area contributed by atoms with Gasteiger partial charge in [0.1, 0.15) is 0 Å². The summed E-state index contributed by atoms with van der Waals surface area (Å²) in [4.78, 5) is 13.5. The average Bonchev–Trinajstić information content (AvgIpc) is 2.51. The molecule has 0 aromatic heterocycles. The van der Waals surface area contributed by atoms with Crippen molar-refractivity contribution in [1.82, 2.24) is 4.90 Å². The molecule has 1 saturated heterocycles. The molecule has 114 valence electrons. The van der Waals surface area contributed by atoms with E-state index in [1.54, 1.807) is 0 Å². The van der Waals surface area contributed by atoms with Gasteiger partial charge >= 0.3 is 0 Å². The van der Waals surface area contributed by atoms with Crippen LogP contribution in [0.5, 0.6) is 0 Å². The summed E-state index contributed by atoms with van der Waals surface area (Å²) in [6.07, 6.45) is 1.87. The zero-order chi connectivity index (χ0) is 15.6. The lowest BCUT2D eigenvalue weighted by atomic mass is 9.99. The van der Waals surface area contributed by atoms with E-state index < -0.39 is 35.0 Å². The van der Waals surface area contributed by atoms with Crippen molar-refractivity contribution in [2.75, 3.05) is 6.54 Å². The number of hydrogen-bond acceptors (Lipinski definition) is 3. The number of amidine groups is 1. The van der Waals surface area contributed by atoms with Crippen molar-refractivity contribution in [3.63, 3.8) is 0 Å². The molecule has 0 saturated carbocycles. The van der Waals surface area contributed by atoms with Gasteiger partial charge in [-0.15, -0.1) is 0 Å². The minimum atomic E-state index is -1.70. The number of carbonyl (C=O) groups is 1. The molecule has 1 aliphatic heterocycles. The quantitative estimate of drug-likeness (QED) is 0.288. The van der Waals surface area contributed by atoms with Gasteiger partial charge in [-0.25, -0.2) is 13.2 Å². The van der Waals surface area contributed by atoms with Crippen molar-refractivity contribution in [1.29, 1.82) is 0 Å². The van der Waals surface area contributed by atoms with Gasteiger partial charge in [0.2, 0.25) is 0 Å². The summed E-state index contributed by atoms with van der Waals surface area (Å²) in [5.41, 5.74) is 4.95. The molecule has 0 spiro atoms. The van der Waals surface area contributed by atoms with Crippen LogP contribution in [0.4, 0.5) is 13.2 Å². The van der Waals surface area contributed by atoms with Crippen LogP contribution in [0.3, 0.4) is 0 Å². The summed E-state index contributed by atoms with van der Waals surface area (Å²) in [7, 11) is 0. The predicted octanol–water partition coefficient (Wildman–Crippen LogP) is 1.84. The van der Waals surface area contributed by atoms with Crippen molar-refractivity contribution in [2.45, 2.75) is 25.3 Å². The second-order valence-electron chi connectivity index (χ2n) is 4.76. The third-order valence-electron chi connectivity index (χ3n) is 3.49. The van der Waals surface area contributed by atoms with E-state index in [9.17, 15) is 18.0 Å². The fraction of sp³-hybridized carbons (Fsp3) is 0.385. The highest BCUT2D eigenvalue weighted by molar-refractivity contribution is 5.98. The number of amides is 1. The molecule has 1 heterocycles. The lowest BCUT2D eigenvalue weighted by Crippen LogP contribution is -2.50. The van der Waals surface area contributed by atoms with Crippen molar-refractivity contribution in [3.8, 4) is 0 Å². The maximum atomic E-state index is 13.7. The Bertz CT molecular complexity index is 592. The number of nitrogens with zero attached hydrogens (tertiary/aromatic N) is 2. The van der Waals surface area contributed by atoms with Gasteiger partial charge in [0.25, 0.3) is 5.91 Å². The van der Waals surface area contributed by atoms with E-state index in [1.807, 2.05) is 0 Å². The zero-order valence-corrected chi connectivity index (χ0v) is 11.0. The van der Waals surface area contributed by atoms with Gasteiger partial charge in [0, 0.05) is 6.54 Å². The zero-order valence-electron chi connectivity index (χ0n) is 11.0. The van der Waals surface area contributed by atoms with Crippen LogP contribution >= 0.6 is 0 Å². The third-order valence-corrected chi connectivity index (χ3v) is 3.49. The minimum Gasteiger partial charge on any atom is -0.409 e. The smallest absolute Gasteiger partial charge is 0.257 e. The number of oxime groups is 1. The first kappa shape index (κ1) is 15.1. The summed E-state index contributed by atoms with van der Waals surface area (Å²) in [5.74, 6) is -5.59. The fourth-order valence-electron chi connectivity index (χ4n) is 2.39. The Balaban J connectivity index is 2.36. The molecule has 2 rings (SSSR count). The van der Waals surface area contributed by atoms with E-state index >= 15 is 0 Å². The fourth-order valence-corrected chi connectivity index (χ4v) is 2.39. The predicted molar refractivity (Wildman–Crippen MR) is 68.4 cm³/mol. The van der Waals surface area contributed by atoms with Crippen LogP contribution in [0.25, 0.3) is 0 Å². The van der Waals surface area contributed by atoms with Crippen LogP contribution in [0.2, 0.25) is 0 Å². The normalized spacial score (nSPS) is 19.7. The van der Waals surface area contributed by atoms with Crippen LogP contribution < -0.4 is 5.73 Å². The maximum Gasteiger partial charge on any atom is 0.257 e. The van der Waals surface area contributed by atoms with Crippen LogP contribution in [0, 0.1) is 17.5 Å². The highest BCUT2D eigenvalue weighted by atomic mass is 19.2. The number of carbonyl (C=O) groups excluding carboxylic acids is 1. The first-order valence-corrected chi connectivity index (χ1v) is 6.39. The Morgan fingerprint density at radius 2 is 2.00 bits per heavy atom. The summed E-state index contributed by atoms with van der Waals surface area (Å²) in [6.45, 7) is 0.262.